The first-order valence-electron chi connectivity index (χ1n) is 12.4. The number of esters is 2. The summed E-state index contributed by atoms with van der Waals surface area (Å²) in [4.78, 5) is 24.8. The zero-order valence-corrected chi connectivity index (χ0v) is 20.6. The predicted octanol–water partition coefficient (Wildman–Crippen LogP) is 7.43. The standard InChI is InChI=1S/C30H34O5/c1-3-5-6-7-8-9-22-33-26-16-14-25(15-17-26)30(32)35-28-20-18-27(19-21-28)34-29(31)24-12-10-23(4-2)11-13-24/h10-21H,3-9,22H2,1-2H3. The Bertz CT molecular complexity index is 1050. The number of hydrogen-bond donors (Lipinski definition) is 0. The van der Waals surface area contributed by atoms with E-state index in [9.17, 15) is 9.59 Å². The molecule has 0 aliphatic heterocycles. The Morgan fingerprint density at radius 1 is 0.571 bits per heavy atom. The maximum absolute atomic E-state index is 12.5. The number of carbonyl (C=O) groups excluding carboxylic acids is 2. The van der Waals surface area contributed by atoms with Crippen molar-refractivity contribution in [3.05, 3.63) is 89.5 Å². The molecule has 3 rings (SSSR count). The Morgan fingerprint density at radius 3 is 1.54 bits per heavy atom. The third-order valence-electron chi connectivity index (χ3n) is 5.70. The lowest BCUT2D eigenvalue weighted by Crippen LogP contribution is -2.09. The van der Waals surface area contributed by atoms with Crippen LogP contribution in [-0.2, 0) is 6.42 Å². The molecular weight excluding hydrogens is 440 g/mol. The third-order valence-corrected chi connectivity index (χ3v) is 5.70. The molecule has 0 aromatic heterocycles. The minimum absolute atomic E-state index is 0.366. The molecule has 0 bridgehead atoms. The molecule has 0 heterocycles. The first-order valence-corrected chi connectivity index (χ1v) is 12.4. The van der Waals surface area contributed by atoms with E-state index in [0.29, 0.717) is 29.2 Å². The summed E-state index contributed by atoms with van der Waals surface area (Å²) in [6.07, 6.45) is 8.20. The van der Waals surface area contributed by atoms with E-state index in [1.165, 1.54) is 32.1 Å². The van der Waals surface area contributed by atoms with E-state index < -0.39 is 11.9 Å². The highest BCUT2D eigenvalue weighted by atomic mass is 16.5. The molecule has 0 amide bonds. The second-order valence-corrected chi connectivity index (χ2v) is 8.44. The van der Waals surface area contributed by atoms with Crippen molar-refractivity contribution in [2.24, 2.45) is 0 Å². The van der Waals surface area contributed by atoms with Crippen LogP contribution in [0.2, 0.25) is 0 Å². The maximum Gasteiger partial charge on any atom is 0.343 e. The predicted molar refractivity (Wildman–Crippen MR) is 137 cm³/mol. The van der Waals surface area contributed by atoms with Crippen LogP contribution in [0.25, 0.3) is 0 Å². The first-order chi connectivity index (χ1) is 17.1. The molecule has 184 valence electrons. The summed E-state index contributed by atoms with van der Waals surface area (Å²) in [5.74, 6) is 0.585. The maximum atomic E-state index is 12.5. The summed E-state index contributed by atoms with van der Waals surface area (Å²) in [6, 6.07) is 20.7. The number of aryl methyl sites for hydroxylation is 1. The quantitative estimate of drug-likeness (QED) is 0.146. The molecule has 0 saturated carbocycles. The van der Waals surface area contributed by atoms with Gasteiger partial charge in [0.25, 0.3) is 0 Å². The van der Waals surface area contributed by atoms with Crippen LogP contribution >= 0.6 is 0 Å². The van der Waals surface area contributed by atoms with Gasteiger partial charge in [0.15, 0.2) is 0 Å². The number of unbranched alkanes of at least 4 members (excludes halogenated alkanes) is 5. The molecule has 0 radical (unpaired) electrons. The molecule has 3 aromatic carbocycles. The van der Waals surface area contributed by atoms with E-state index in [1.54, 1.807) is 60.7 Å². The zero-order chi connectivity index (χ0) is 24.9. The van der Waals surface area contributed by atoms with Crippen LogP contribution in [0.1, 0.15) is 78.7 Å². The highest BCUT2D eigenvalue weighted by Crippen LogP contribution is 2.21. The van der Waals surface area contributed by atoms with E-state index >= 15 is 0 Å². The highest BCUT2D eigenvalue weighted by molar-refractivity contribution is 5.92. The van der Waals surface area contributed by atoms with Gasteiger partial charge in [0.2, 0.25) is 0 Å². The van der Waals surface area contributed by atoms with Crippen LogP contribution < -0.4 is 14.2 Å². The third kappa shape index (κ3) is 8.60. The topological polar surface area (TPSA) is 61.8 Å². The second kappa shape index (κ2) is 14.0. The lowest BCUT2D eigenvalue weighted by molar-refractivity contribution is 0.0719. The molecule has 0 aliphatic carbocycles. The summed E-state index contributed by atoms with van der Waals surface area (Å²) in [5.41, 5.74) is 2.07. The summed E-state index contributed by atoms with van der Waals surface area (Å²) >= 11 is 0. The molecule has 0 N–H and O–H groups in total. The fourth-order valence-electron chi connectivity index (χ4n) is 3.54. The number of rotatable bonds is 13. The molecule has 35 heavy (non-hydrogen) atoms. The normalized spacial score (nSPS) is 10.6. The summed E-state index contributed by atoms with van der Waals surface area (Å²) in [5, 5.41) is 0. The van der Waals surface area contributed by atoms with Crippen LogP contribution in [-0.4, -0.2) is 18.5 Å². The molecule has 0 spiro atoms. The van der Waals surface area contributed by atoms with Gasteiger partial charge < -0.3 is 14.2 Å². The van der Waals surface area contributed by atoms with Crippen LogP contribution in [0.3, 0.4) is 0 Å². The molecular formula is C30H34O5. The average Bonchev–Trinajstić information content (AvgIpc) is 2.89. The molecule has 3 aromatic rings. The van der Waals surface area contributed by atoms with Crippen LogP contribution in [0, 0.1) is 0 Å². The molecule has 0 aliphatic rings. The lowest BCUT2D eigenvalue weighted by atomic mass is 10.1. The van der Waals surface area contributed by atoms with Crippen LogP contribution in [0.4, 0.5) is 0 Å². The fourth-order valence-corrected chi connectivity index (χ4v) is 3.54. The average molecular weight is 475 g/mol. The van der Waals surface area contributed by atoms with Gasteiger partial charge in [0.1, 0.15) is 17.2 Å². The number of carbonyl (C=O) groups is 2. The highest BCUT2D eigenvalue weighted by Gasteiger charge is 2.11. The lowest BCUT2D eigenvalue weighted by Gasteiger charge is -2.08. The van der Waals surface area contributed by atoms with Gasteiger partial charge in [-0.3, -0.25) is 0 Å². The largest absolute Gasteiger partial charge is 0.494 e. The van der Waals surface area contributed by atoms with Gasteiger partial charge in [-0.05, 0) is 79.1 Å². The molecule has 5 heteroatoms. The van der Waals surface area contributed by atoms with Crippen molar-refractivity contribution in [1.82, 2.24) is 0 Å². The fraction of sp³-hybridized carbons (Fsp3) is 0.333. The monoisotopic (exact) mass is 474 g/mol. The van der Waals surface area contributed by atoms with Gasteiger partial charge in [0, 0.05) is 0 Å². The van der Waals surface area contributed by atoms with E-state index in [1.807, 2.05) is 12.1 Å². The van der Waals surface area contributed by atoms with Crippen molar-refractivity contribution >= 4 is 11.9 Å². The van der Waals surface area contributed by atoms with Crippen molar-refractivity contribution in [1.29, 1.82) is 0 Å². The van der Waals surface area contributed by atoms with E-state index in [4.69, 9.17) is 14.2 Å². The van der Waals surface area contributed by atoms with Crippen LogP contribution in [0.15, 0.2) is 72.8 Å². The first kappa shape index (κ1) is 26.0. The minimum Gasteiger partial charge on any atom is -0.494 e. The summed E-state index contributed by atoms with van der Waals surface area (Å²) in [7, 11) is 0. The van der Waals surface area contributed by atoms with Gasteiger partial charge in [-0.1, -0.05) is 58.1 Å². The zero-order valence-electron chi connectivity index (χ0n) is 20.6. The van der Waals surface area contributed by atoms with Gasteiger partial charge in [-0.2, -0.15) is 0 Å². The van der Waals surface area contributed by atoms with Gasteiger partial charge in [0.05, 0.1) is 17.7 Å². The number of hydrogen-bond acceptors (Lipinski definition) is 5. The summed E-state index contributed by atoms with van der Waals surface area (Å²) < 4.78 is 16.6. The molecule has 5 nitrogen and oxygen atoms in total. The Balaban J connectivity index is 1.44. The SMILES string of the molecule is CCCCCCCCOc1ccc(C(=O)Oc2ccc(OC(=O)c3ccc(CC)cc3)cc2)cc1. The molecule has 0 saturated heterocycles. The van der Waals surface area contributed by atoms with Gasteiger partial charge in [-0.15, -0.1) is 0 Å². The van der Waals surface area contributed by atoms with Crippen molar-refractivity contribution < 1.29 is 23.8 Å². The summed E-state index contributed by atoms with van der Waals surface area (Å²) in [6.45, 7) is 4.95. The molecule has 0 unspecified atom stereocenters. The Labute approximate surface area is 208 Å². The van der Waals surface area contributed by atoms with Crippen molar-refractivity contribution in [2.75, 3.05) is 6.61 Å². The van der Waals surface area contributed by atoms with E-state index in [2.05, 4.69) is 13.8 Å². The van der Waals surface area contributed by atoms with Gasteiger partial charge in [-0.25, -0.2) is 9.59 Å². The number of ether oxygens (including phenoxy) is 3. The molecule has 0 fully saturated rings. The Morgan fingerprint density at radius 2 is 1.03 bits per heavy atom. The van der Waals surface area contributed by atoms with E-state index in [0.717, 1.165) is 24.2 Å². The van der Waals surface area contributed by atoms with Crippen molar-refractivity contribution in [3.8, 4) is 17.2 Å². The smallest absolute Gasteiger partial charge is 0.343 e. The Hall–Kier alpha value is -3.60. The van der Waals surface area contributed by atoms with Gasteiger partial charge >= 0.3 is 11.9 Å². The Kier molecular flexibility index (Phi) is 10.4. The van der Waals surface area contributed by atoms with Crippen LogP contribution in [0.5, 0.6) is 17.2 Å². The molecule has 0 atom stereocenters. The minimum atomic E-state index is -0.465. The second-order valence-electron chi connectivity index (χ2n) is 8.44. The van der Waals surface area contributed by atoms with E-state index in [-0.39, 0.29) is 0 Å². The van der Waals surface area contributed by atoms with Crippen molar-refractivity contribution in [3.63, 3.8) is 0 Å². The number of benzene rings is 3. The van der Waals surface area contributed by atoms with Crippen molar-refractivity contribution in [2.45, 2.75) is 58.8 Å².